The molecule has 0 aliphatic heterocycles. The highest BCUT2D eigenvalue weighted by Crippen LogP contribution is 2.21. The molecule has 1 rings (SSSR count). The van der Waals surface area contributed by atoms with Gasteiger partial charge >= 0.3 is 0 Å². The van der Waals surface area contributed by atoms with Crippen molar-refractivity contribution in [1.82, 2.24) is 10.2 Å². The summed E-state index contributed by atoms with van der Waals surface area (Å²) in [6.45, 7) is 0. The van der Waals surface area contributed by atoms with E-state index in [4.69, 9.17) is 10.3 Å². The lowest BCUT2D eigenvalue weighted by Gasteiger charge is -1.97. The minimum Gasteiger partial charge on any atom is -0.480 e. The van der Waals surface area contributed by atoms with E-state index in [1.807, 2.05) is 0 Å². The fraction of sp³-hybridized carbons (Fsp3) is 0.200. The lowest BCUT2D eigenvalue weighted by atomic mass is 10.5. The molecule has 0 saturated heterocycles. The normalized spacial score (nSPS) is 8.45. The molecule has 6 heteroatoms. The van der Waals surface area contributed by atoms with Crippen LogP contribution in [0.4, 0.5) is 5.69 Å². The van der Waals surface area contributed by atoms with Crippen LogP contribution in [0.2, 0.25) is 0 Å². The van der Waals surface area contributed by atoms with Gasteiger partial charge in [-0.25, -0.2) is 0 Å². The zero-order chi connectivity index (χ0) is 8.10. The van der Waals surface area contributed by atoms with E-state index in [0.29, 0.717) is 5.69 Å². The number of rotatable bonds is 2. The Balaban J connectivity index is 3.11. The first-order valence-corrected chi connectivity index (χ1v) is 2.79. The van der Waals surface area contributed by atoms with Gasteiger partial charge < -0.3 is 4.74 Å². The Labute approximate surface area is 62.5 Å². The monoisotopic (exact) mass is 151 g/mol. The summed E-state index contributed by atoms with van der Waals surface area (Å²) in [4.78, 5) is 2.59. The van der Waals surface area contributed by atoms with Crippen LogP contribution in [0.3, 0.4) is 0 Å². The topological polar surface area (TPSA) is 83.8 Å². The van der Waals surface area contributed by atoms with Crippen molar-refractivity contribution in [2.75, 3.05) is 7.11 Å². The van der Waals surface area contributed by atoms with E-state index in [2.05, 4.69) is 20.2 Å². The molecule has 0 unspecified atom stereocenters. The zero-order valence-electron chi connectivity index (χ0n) is 5.80. The fourth-order valence-electron chi connectivity index (χ4n) is 0.582. The summed E-state index contributed by atoms with van der Waals surface area (Å²) in [5.74, 6) is 0.227. The van der Waals surface area contributed by atoms with Gasteiger partial charge in [0.05, 0.1) is 13.3 Å². The average Bonchev–Trinajstić information content (AvgIpc) is 2.06. The van der Waals surface area contributed by atoms with Crippen LogP contribution in [0.15, 0.2) is 17.4 Å². The molecule has 0 aromatic carbocycles. The lowest BCUT2D eigenvalue weighted by Crippen LogP contribution is -1.88. The molecule has 0 amide bonds. The molecular weight excluding hydrogens is 146 g/mol. The Bertz CT molecular complexity index is 293. The first kappa shape index (κ1) is 7.30. The van der Waals surface area contributed by atoms with E-state index in [1.54, 1.807) is 0 Å². The molecular formula is C5H5N5O. The minimum absolute atomic E-state index is 0.227. The third-order valence-corrected chi connectivity index (χ3v) is 1.01. The summed E-state index contributed by atoms with van der Waals surface area (Å²) < 4.78 is 4.76. The van der Waals surface area contributed by atoms with Crippen molar-refractivity contribution in [2.24, 2.45) is 5.11 Å². The van der Waals surface area contributed by atoms with Crippen LogP contribution < -0.4 is 4.74 Å². The molecule has 0 spiro atoms. The minimum atomic E-state index is 0.227. The van der Waals surface area contributed by atoms with Gasteiger partial charge in [-0.15, -0.1) is 5.10 Å². The number of ether oxygens (including phenoxy) is 1. The standard InChI is InChI=1S/C5H5N5O/c1-11-5-4(8-10-6)2-3-7-9-5/h2-3H,1H3. The lowest BCUT2D eigenvalue weighted by molar-refractivity contribution is 0.393. The second-order valence-corrected chi connectivity index (χ2v) is 1.62. The van der Waals surface area contributed by atoms with Gasteiger partial charge in [-0.2, -0.15) is 5.10 Å². The summed E-state index contributed by atoms with van der Waals surface area (Å²) in [7, 11) is 1.43. The van der Waals surface area contributed by atoms with E-state index in [9.17, 15) is 0 Å². The molecule has 11 heavy (non-hydrogen) atoms. The Hall–Kier alpha value is -1.81. The van der Waals surface area contributed by atoms with Crippen LogP contribution in [0.25, 0.3) is 10.4 Å². The molecule has 0 N–H and O–H groups in total. The third-order valence-electron chi connectivity index (χ3n) is 1.01. The Morgan fingerprint density at radius 1 is 1.73 bits per heavy atom. The van der Waals surface area contributed by atoms with Gasteiger partial charge in [0.1, 0.15) is 5.69 Å². The Morgan fingerprint density at radius 3 is 3.18 bits per heavy atom. The SMILES string of the molecule is COc1nnccc1N=[N+]=[N-]. The van der Waals surface area contributed by atoms with Crippen molar-refractivity contribution < 1.29 is 4.74 Å². The summed E-state index contributed by atoms with van der Waals surface area (Å²) in [5, 5.41) is 10.4. The maximum atomic E-state index is 8.09. The summed E-state index contributed by atoms with van der Waals surface area (Å²) >= 11 is 0. The number of hydrogen-bond donors (Lipinski definition) is 0. The van der Waals surface area contributed by atoms with E-state index < -0.39 is 0 Å². The smallest absolute Gasteiger partial charge is 0.242 e. The third kappa shape index (κ3) is 1.56. The molecule has 0 atom stereocenters. The van der Waals surface area contributed by atoms with Crippen LogP contribution >= 0.6 is 0 Å². The van der Waals surface area contributed by atoms with Gasteiger partial charge in [0.15, 0.2) is 0 Å². The number of aromatic nitrogens is 2. The predicted molar refractivity (Wildman–Crippen MR) is 37.4 cm³/mol. The highest BCUT2D eigenvalue weighted by atomic mass is 16.5. The van der Waals surface area contributed by atoms with E-state index in [0.717, 1.165) is 0 Å². The molecule has 1 heterocycles. The number of azide groups is 1. The van der Waals surface area contributed by atoms with Gasteiger partial charge in [0, 0.05) is 4.91 Å². The number of nitrogens with zero attached hydrogens (tertiary/aromatic N) is 5. The van der Waals surface area contributed by atoms with Crippen LogP contribution in [-0.4, -0.2) is 17.3 Å². The second kappa shape index (κ2) is 3.38. The maximum absolute atomic E-state index is 8.09. The van der Waals surface area contributed by atoms with Gasteiger partial charge in [-0.1, -0.05) is 5.11 Å². The summed E-state index contributed by atoms with van der Waals surface area (Å²) in [5.41, 5.74) is 8.43. The predicted octanol–water partition coefficient (Wildman–Crippen LogP) is 1.43. The van der Waals surface area contributed by atoms with Gasteiger partial charge in [-0.3, -0.25) is 0 Å². The van der Waals surface area contributed by atoms with Crippen LogP contribution in [0.5, 0.6) is 5.88 Å². The second-order valence-electron chi connectivity index (χ2n) is 1.62. The molecule has 6 nitrogen and oxygen atoms in total. The molecule has 0 aliphatic rings. The molecule has 0 bridgehead atoms. The van der Waals surface area contributed by atoms with Gasteiger partial charge in [-0.05, 0) is 11.6 Å². The van der Waals surface area contributed by atoms with Crippen molar-refractivity contribution in [3.63, 3.8) is 0 Å². The number of hydrogen-bond acceptors (Lipinski definition) is 4. The molecule has 56 valence electrons. The van der Waals surface area contributed by atoms with Crippen LogP contribution in [0.1, 0.15) is 0 Å². The van der Waals surface area contributed by atoms with Crippen molar-refractivity contribution in [3.05, 3.63) is 22.7 Å². The molecule has 0 saturated carbocycles. The largest absolute Gasteiger partial charge is 0.480 e. The van der Waals surface area contributed by atoms with E-state index in [-0.39, 0.29) is 5.88 Å². The van der Waals surface area contributed by atoms with Crippen molar-refractivity contribution >= 4 is 5.69 Å². The molecule has 1 aromatic rings. The average molecular weight is 151 g/mol. The molecule has 0 fully saturated rings. The van der Waals surface area contributed by atoms with Crippen molar-refractivity contribution in [3.8, 4) is 5.88 Å². The van der Waals surface area contributed by atoms with Gasteiger partial charge in [0.25, 0.3) is 0 Å². The summed E-state index contributed by atoms with van der Waals surface area (Å²) in [6, 6.07) is 1.52. The first-order valence-electron chi connectivity index (χ1n) is 2.79. The molecule has 0 aliphatic carbocycles. The van der Waals surface area contributed by atoms with Crippen molar-refractivity contribution in [2.45, 2.75) is 0 Å². The van der Waals surface area contributed by atoms with Gasteiger partial charge in [0.2, 0.25) is 5.88 Å². The maximum Gasteiger partial charge on any atom is 0.242 e. The number of methoxy groups -OCH3 is 1. The summed E-state index contributed by atoms with van der Waals surface area (Å²) in [6.07, 6.45) is 1.42. The fourth-order valence-corrected chi connectivity index (χ4v) is 0.582. The Kier molecular flexibility index (Phi) is 2.24. The van der Waals surface area contributed by atoms with Crippen molar-refractivity contribution in [1.29, 1.82) is 0 Å². The zero-order valence-corrected chi connectivity index (χ0v) is 5.80. The highest BCUT2D eigenvalue weighted by Gasteiger charge is 1.99. The molecule has 0 radical (unpaired) electrons. The highest BCUT2D eigenvalue weighted by molar-refractivity contribution is 5.44. The quantitative estimate of drug-likeness (QED) is 0.364. The van der Waals surface area contributed by atoms with Crippen LogP contribution in [-0.2, 0) is 0 Å². The van der Waals surface area contributed by atoms with E-state index in [1.165, 1.54) is 19.4 Å². The van der Waals surface area contributed by atoms with E-state index >= 15 is 0 Å². The Morgan fingerprint density at radius 2 is 2.55 bits per heavy atom. The first-order chi connectivity index (χ1) is 5.38. The molecule has 1 aromatic heterocycles. The van der Waals surface area contributed by atoms with Crippen LogP contribution in [0, 0.1) is 0 Å².